The number of ether oxygens (including phenoxy) is 1. The second kappa shape index (κ2) is 11.0. The van der Waals surface area contributed by atoms with Gasteiger partial charge in [-0.05, 0) is 136 Å². The van der Waals surface area contributed by atoms with Crippen LogP contribution in [0.2, 0.25) is 0 Å². The Morgan fingerprint density at radius 3 is 2.31 bits per heavy atom. The Morgan fingerprint density at radius 1 is 0.952 bits per heavy atom. The lowest BCUT2D eigenvalue weighted by Crippen LogP contribution is -2.55. The summed E-state index contributed by atoms with van der Waals surface area (Å²) in [6.45, 7) is 19.6. The molecule has 4 N–H and O–H groups in total. The average Bonchev–Trinajstić information content (AvgIpc) is 3.16. The van der Waals surface area contributed by atoms with Gasteiger partial charge in [-0.15, -0.1) is 0 Å². The van der Waals surface area contributed by atoms with Gasteiger partial charge < -0.3 is 16.2 Å². The van der Waals surface area contributed by atoms with E-state index in [0.29, 0.717) is 28.1 Å². The first kappa shape index (κ1) is 31.2. The van der Waals surface area contributed by atoms with Crippen molar-refractivity contribution in [1.82, 2.24) is 0 Å². The number of nitrogens with two attached hydrogens (primary N) is 2. The number of nitrogen functional groups attached to an aromatic ring is 2. The second-order valence-electron chi connectivity index (χ2n) is 16.2. The van der Waals surface area contributed by atoms with Crippen LogP contribution in [0.1, 0.15) is 125 Å². The van der Waals surface area contributed by atoms with Crippen molar-refractivity contribution in [2.24, 2.45) is 39.4 Å². The van der Waals surface area contributed by atoms with Crippen LogP contribution in [0.5, 0.6) is 0 Å². The number of anilines is 2. The SMILES string of the molecule is CC(C)=CCCC(C)C1CCC2(C)C3=C(CCC12C)C1(C)CCC(OC(=O)Cc2cc(N)cc(N)c2)C(C)(C)C1CC3. The lowest BCUT2D eigenvalue weighted by Gasteiger charge is -2.62. The van der Waals surface area contributed by atoms with E-state index in [1.807, 2.05) is 17.7 Å². The summed E-state index contributed by atoms with van der Waals surface area (Å²) in [5.41, 5.74) is 19.8. The third kappa shape index (κ3) is 5.13. The summed E-state index contributed by atoms with van der Waals surface area (Å²) in [5, 5.41) is 0. The van der Waals surface area contributed by atoms with Crippen LogP contribution in [-0.2, 0) is 16.0 Å². The molecule has 4 aliphatic rings. The van der Waals surface area contributed by atoms with Crippen molar-refractivity contribution in [3.8, 4) is 0 Å². The van der Waals surface area contributed by atoms with Gasteiger partial charge in [0.25, 0.3) is 0 Å². The highest BCUT2D eigenvalue weighted by Crippen LogP contribution is 2.72. The molecule has 2 fully saturated rings. The van der Waals surface area contributed by atoms with Gasteiger partial charge in [0.2, 0.25) is 0 Å². The van der Waals surface area contributed by atoms with Crippen LogP contribution in [-0.4, -0.2) is 12.1 Å². The molecular formula is C38H58N2O2. The molecule has 0 radical (unpaired) electrons. The van der Waals surface area contributed by atoms with E-state index in [1.165, 1.54) is 56.9 Å². The minimum Gasteiger partial charge on any atom is -0.462 e. The summed E-state index contributed by atoms with van der Waals surface area (Å²) < 4.78 is 6.27. The van der Waals surface area contributed by atoms with E-state index in [4.69, 9.17) is 16.2 Å². The Kier molecular flexibility index (Phi) is 8.20. The molecule has 0 heterocycles. The zero-order valence-corrected chi connectivity index (χ0v) is 27.9. The Morgan fingerprint density at radius 2 is 1.64 bits per heavy atom. The number of esters is 1. The smallest absolute Gasteiger partial charge is 0.310 e. The molecule has 0 amide bonds. The maximum absolute atomic E-state index is 13.1. The molecule has 0 bridgehead atoms. The molecule has 0 aromatic heterocycles. The van der Waals surface area contributed by atoms with Gasteiger partial charge in [0.15, 0.2) is 0 Å². The highest BCUT2D eigenvalue weighted by Gasteiger charge is 2.63. The minimum absolute atomic E-state index is 0.0643. The molecule has 4 aliphatic carbocycles. The molecule has 4 nitrogen and oxygen atoms in total. The van der Waals surface area contributed by atoms with Crippen LogP contribution < -0.4 is 11.5 Å². The van der Waals surface area contributed by atoms with Crippen LogP contribution >= 0.6 is 0 Å². The van der Waals surface area contributed by atoms with Gasteiger partial charge in [0.05, 0.1) is 6.42 Å². The van der Waals surface area contributed by atoms with E-state index in [1.54, 1.807) is 11.6 Å². The minimum atomic E-state index is -0.172. The van der Waals surface area contributed by atoms with Crippen LogP contribution in [0, 0.1) is 39.4 Å². The highest BCUT2D eigenvalue weighted by molar-refractivity contribution is 5.74. The number of benzene rings is 1. The van der Waals surface area contributed by atoms with E-state index >= 15 is 0 Å². The number of hydrogen-bond acceptors (Lipinski definition) is 4. The standard InChI is InChI=1S/C38H58N2O2/c1-24(2)10-9-11-25(3)29-14-18-38(8)31-12-13-32-35(4,5)33(16-17-36(32,6)30(31)15-19-37(29,38)7)42-34(41)22-26-20-27(39)23-28(40)21-26/h10,20-21,23,25,29,32-33H,9,11-19,22,39-40H2,1-8H3. The molecule has 2 saturated carbocycles. The number of fused-ring (bicyclic) bond motifs is 4. The summed E-state index contributed by atoms with van der Waals surface area (Å²) in [5.74, 6) is 1.93. The van der Waals surface area contributed by atoms with E-state index in [0.717, 1.165) is 30.2 Å². The molecule has 4 heteroatoms. The summed E-state index contributed by atoms with van der Waals surface area (Å²) in [6.07, 6.45) is 14.9. The van der Waals surface area contributed by atoms with E-state index < -0.39 is 0 Å². The molecule has 7 atom stereocenters. The molecule has 0 aliphatic heterocycles. The van der Waals surface area contributed by atoms with Gasteiger partial charge in [-0.2, -0.15) is 0 Å². The number of carbonyl (C=O) groups excluding carboxylic acids is 1. The van der Waals surface area contributed by atoms with Crippen LogP contribution in [0.3, 0.4) is 0 Å². The molecular weight excluding hydrogens is 516 g/mol. The van der Waals surface area contributed by atoms with Crippen LogP contribution in [0.4, 0.5) is 11.4 Å². The summed E-state index contributed by atoms with van der Waals surface area (Å²) in [6, 6.07) is 5.37. The fraction of sp³-hybridized carbons (Fsp3) is 0.711. The Bertz CT molecular complexity index is 1250. The number of rotatable bonds is 7. The topological polar surface area (TPSA) is 78.3 Å². The highest BCUT2D eigenvalue weighted by atomic mass is 16.5. The average molecular weight is 575 g/mol. The lowest BCUT2D eigenvalue weighted by atomic mass is 9.43. The maximum atomic E-state index is 13.1. The Labute approximate surface area is 256 Å². The van der Waals surface area contributed by atoms with E-state index in [2.05, 4.69) is 61.5 Å². The molecule has 1 aromatic rings. The van der Waals surface area contributed by atoms with Crippen molar-refractivity contribution in [1.29, 1.82) is 0 Å². The van der Waals surface area contributed by atoms with Crippen molar-refractivity contribution in [3.63, 3.8) is 0 Å². The zero-order valence-electron chi connectivity index (χ0n) is 27.9. The molecule has 42 heavy (non-hydrogen) atoms. The van der Waals surface area contributed by atoms with Crippen molar-refractivity contribution >= 4 is 17.3 Å². The first-order valence-corrected chi connectivity index (χ1v) is 16.8. The zero-order chi connectivity index (χ0) is 30.7. The molecule has 232 valence electrons. The van der Waals surface area contributed by atoms with Gasteiger partial charge in [-0.1, -0.05) is 64.3 Å². The Hall–Kier alpha value is -2.23. The van der Waals surface area contributed by atoms with Gasteiger partial charge in [-0.25, -0.2) is 0 Å². The molecule has 5 rings (SSSR count). The largest absolute Gasteiger partial charge is 0.462 e. The lowest BCUT2D eigenvalue weighted by molar-refractivity contribution is -0.169. The third-order valence-corrected chi connectivity index (χ3v) is 13.3. The van der Waals surface area contributed by atoms with E-state index in [9.17, 15) is 4.79 Å². The van der Waals surface area contributed by atoms with Gasteiger partial charge in [0, 0.05) is 16.8 Å². The first-order chi connectivity index (χ1) is 19.6. The number of carbonyl (C=O) groups is 1. The summed E-state index contributed by atoms with van der Waals surface area (Å²) in [4.78, 5) is 13.1. The third-order valence-electron chi connectivity index (χ3n) is 13.3. The van der Waals surface area contributed by atoms with Gasteiger partial charge in [0.1, 0.15) is 6.10 Å². The first-order valence-electron chi connectivity index (χ1n) is 16.8. The maximum Gasteiger partial charge on any atom is 0.310 e. The molecule has 1 aromatic carbocycles. The fourth-order valence-corrected chi connectivity index (χ4v) is 10.9. The molecule has 0 spiro atoms. The molecule has 0 saturated heterocycles. The van der Waals surface area contributed by atoms with Gasteiger partial charge in [-0.3, -0.25) is 4.79 Å². The van der Waals surface area contributed by atoms with Crippen molar-refractivity contribution in [2.45, 2.75) is 132 Å². The van der Waals surface area contributed by atoms with Gasteiger partial charge >= 0.3 is 5.97 Å². The van der Waals surface area contributed by atoms with E-state index in [-0.39, 0.29) is 29.3 Å². The normalized spacial score (nSPS) is 36.0. The number of hydrogen-bond donors (Lipinski definition) is 2. The van der Waals surface area contributed by atoms with Crippen molar-refractivity contribution < 1.29 is 9.53 Å². The quantitative estimate of drug-likeness (QED) is 0.193. The predicted molar refractivity (Wildman–Crippen MR) is 176 cm³/mol. The second-order valence-corrected chi connectivity index (χ2v) is 16.2. The Balaban J connectivity index is 1.34. The monoisotopic (exact) mass is 574 g/mol. The van der Waals surface area contributed by atoms with Crippen molar-refractivity contribution in [3.05, 3.63) is 46.6 Å². The fourth-order valence-electron chi connectivity index (χ4n) is 10.9. The number of allylic oxidation sites excluding steroid dienone is 4. The van der Waals surface area contributed by atoms with Crippen molar-refractivity contribution in [2.75, 3.05) is 11.5 Å². The summed E-state index contributed by atoms with van der Waals surface area (Å²) in [7, 11) is 0. The molecule has 7 unspecified atom stereocenters. The van der Waals surface area contributed by atoms with Crippen LogP contribution in [0.15, 0.2) is 41.0 Å². The van der Waals surface area contributed by atoms with Crippen LogP contribution in [0.25, 0.3) is 0 Å². The predicted octanol–water partition coefficient (Wildman–Crippen LogP) is 9.44. The summed E-state index contributed by atoms with van der Waals surface area (Å²) >= 11 is 0.